The van der Waals surface area contributed by atoms with E-state index in [0.717, 1.165) is 10.9 Å². The lowest BCUT2D eigenvalue weighted by Crippen LogP contribution is -2.09. The van der Waals surface area contributed by atoms with Crippen LogP contribution in [0, 0.1) is 6.92 Å². The Bertz CT molecular complexity index is 969. The molecule has 0 atom stereocenters. The van der Waals surface area contributed by atoms with Crippen molar-refractivity contribution >= 4 is 34.4 Å². The zero-order valence-electron chi connectivity index (χ0n) is 12.5. The molecule has 1 heterocycles. The van der Waals surface area contributed by atoms with Crippen LogP contribution in [0.15, 0.2) is 59.4 Å². The average Bonchev–Trinajstić information content (AvgIpc) is 2.53. The predicted octanol–water partition coefficient (Wildman–Crippen LogP) is 4.39. The number of benzene rings is 2. The van der Waals surface area contributed by atoms with E-state index in [-0.39, 0.29) is 11.3 Å². The Hall–Kier alpha value is -2.65. The fourth-order valence-electron chi connectivity index (χ4n) is 2.30. The van der Waals surface area contributed by atoms with Gasteiger partial charge in [0, 0.05) is 27.1 Å². The Morgan fingerprint density at radius 3 is 2.57 bits per heavy atom. The van der Waals surface area contributed by atoms with Crippen LogP contribution in [0.4, 0.5) is 0 Å². The van der Waals surface area contributed by atoms with Gasteiger partial charge in [0.05, 0.1) is 0 Å². The first kappa shape index (κ1) is 15.3. The van der Waals surface area contributed by atoms with Gasteiger partial charge in [-0.15, -0.1) is 0 Å². The van der Waals surface area contributed by atoms with Crippen molar-refractivity contribution in [1.82, 2.24) is 4.98 Å². The largest absolute Gasteiger partial charge is 0.321 e. The number of pyridine rings is 1. The van der Waals surface area contributed by atoms with Crippen LogP contribution in [0.2, 0.25) is 5.02 Å². The molecule has 4 heteroatoms. The average molecular weight is 324 g/mol. The zero-order valence-corrected chi connectivity index (χ0v) is 13.2. The van der Waals surface area contributed by atoms with E-state index in [1.807, 2.05) is 19.1 Å². The van der Waals surface area contributed by atoms with E-state index < -0.39 is 0 Å². The van der Waals surface area contributed by atoms with Gasteiger partial charge in [-0.25, -0.2) is 0 Å². The summed E-state index contributed by atoms with van der Waals surface area (Å²) in [6.45, 7) is 1.96. The van der Waals surface area contributed by atoms with Crippen LogP contribution in [0.1, 0.15) is 21.5 Å². The molecule has 114 valence electrons. The van der Waals surface area contributed by atoms with Crippen LogP contribution in [0.25, 0.3) is 17.0 Å². The molecular weight excluding hydrogens is 310 g/mol. The molecule has 3 nitrogen and oxygen atoms in total. The number of hydrogen-bond donors (Lipinski definition) is 1. The summed E-state index contributed by atoms with van der Waals surface area (Å²) in [6, 6.07) is 14.3. The number of halogens is 1. The Morgan fingerprint density at radius 1 is 1.09 bits per heavy atom. The minimum absolute atomic E-state index is 0.143. The van der Waals surface area contributed by atoms with E-state index in [1.54, 1.807) is 36.4 Å². The molecule has 0 aliphatic rings. The summed E-state index contributed by atoms with van der Waals surface area (Å²) < 4.78 is 0. The number of aromatic nitrogens is 1. The smallest absolute Gasteiger partial charge is 0.255 e. The molecule has 3 rings (SSSR count). The third-order valence-electron chi connectivity index (χ3n) is 3.59. The van der Waals surface area contributed by atoms with Crippen LogP contribution in [0.3, 0.4) is 0 Å². The first-order chi connectivity index (χ1) is 11.0. The molecule has 0 aliphatic heterocycles. The highest BCUT2D eigenvalue weighted by Gasteiger charge is 2.04. The highest BCUT2D eigenvalue weighted by Crippen LogP contribution is 2.17. The third kappa shape index (κ3) is 3.41. The fourth-order valence-corrected chi connectivity index (χ4v) is 2.48. The maximum atomic E-state index is 12.1. The van der Waals surface area contributed by atoms with E-state index in [0.29, 0.717) is 21.7 Å². The molecule has 0 aliphatic carbocycles. The molecule has 1 N–H and O–H groups in total. The minimum atomic E-state index is -0.243. The van der Waals surface area contributed by atoms with Gasteiger partial charge >= 0.3 is 0 Å². The lowest BCUT2D eigenvalue weighted by molar-refractivity contribution is 0.104. The Kier molecular flexibility index (Phi) is 4.13. The number of H-pyrrole nitrogens is 1. The molecule has 0 amide bonds. The van der Waals surface area contributed by atoms with Crippen molar-refractivity contribution in [3.05, 3.63) is 86.7 Å². The normalized spacial score (nSPS) is 11.2. The van der Waals surface area contributed by atoms with E-state index >= 15 is 0 Å². The van der Waals surface area contributed by atoms with E-state index in [9.17, 15) is 9.59 Å². The molecule has 0 saturated heterocycles. The summed E-state index contributed by atoms with van der Waals surface area (Å²) in [4.78, 5) is 27.0. The topological polar surface area (TPSA) is 49.9 Å². The summed E-state index contributed by atoms with van der Waals surface area (Å²) in [5, 5.41) is 1.41. The molecule has 2 aromatic carbocycles. The van der Waals surface area contributed by atoms with Crippen LogP contribution in [-0.2, 0) is 0 Å². The highest BCUT2D eigenvalue weighted by atomic mass is 35.5. The summed E-state index contributed by atoms with van der Waals surface area (Å²) in [5.41, 5.74) is 2.56. The monoisotopic (exact) mass is 323 g/mol. The maximum Gasteiger partial charge on any atom is 0.255 e. The van der Waals surface area contributed by atoms with E-state index in [4.69, 9.17) is 11.6 Å². The van der Waals surface area contributed by atoms with Crippen molar-refractivity contribution in [1.29, 1.82) is 0 Å². The summed E-state index contributed by atoms with van der Waals surface area (Å²) in [5.74, 6) is -0.143. The number of allylic oxidation sites excluding steroid dienone is 1. The fraction of sp³-hybridized carbons (Fsp3) is 0.0526. The molecule has 23 heavy (non-hydrogen) atoms. The summed E-state index contributed by atoms with van der Waals surface area (Å²) in [6.07, 6.45) is 2.94. The van der Waals surface area contributed by atoms with Crippen LogP contribution >= 0.6 is 11.6 Å². The number of aromatic amines is 1. The highest BCUT2D eigenvalue weighted by molar-refractivity contribution is 6.31. The number of rotatable bonds is 3. The van der Waals surface area contributed by atoms with Gasteiger partial charge < -0.3 is 4.98 Å². The SMILES string of the molecule is Cc1ccc(C(=O)/C=C/c2cc3cc(Cl)ccc3[nH]c2=O)cc1. The van der Waals surface area contributed by atoms with Crippen LogP contribution in [0.5, 0.6) is 0 Å². The van der Waals surface area contributed by atoms with Crippen molar-refractivity contribution in [2.75, 3.05) is 0 Å². The number of nitrogens with one attached hydrogen (secondary N) is 1. The van der Waals surface area contributed by atoms with Crippen LogP contribution in [-0.4, -0.2) is 10.8 Å². The minimum Gasteiger partial charge on any atom is -0.321 e. The lowest BCUT2D eigenvalue weighted by atomic mass is 10.1. The van der Waals surface area contributed by atoms with Gasteiger partial charge in [-0.05, 0) is 43.3 Å². The van der Waals surface area contributed by atoms with Crippen molar-refractivity contribution in [3.63, 3.8) is 0 Å². The molecular formula is C19H14ClNO2. The summed E-state index contributed by atoms with van der Waals surface area (Å²) >= 11 is 5.97. The van der Waals surface area contributed by atoms with Gasteiger partial charge in [0.15, 0.2) is 5.78 Å². The van der Waals surface area contributed by atoms with E-state index in [2.05, 4.69) is 4.98 Å². The Morgan fingerprint density at radius 2 is 1.83 bits per heavy atom. The second kappa shape index (κ2) is 6.23. The number of carbonyl (C=O) groups excluding carboxylic acids is 1. The quantitative estimate of drug-likeness (QED) is 0.574. The van der Waals surface area contributed by atoms with Crippen molar-refractivity contribution in [3.8, 4) is 0 Å². The van der Waals surface area contributed by atoms with Gasteiger partial charge in [-0.2, -0.15) is 0 Å². The molecule has 0 unspecified atom stereocenters. The second-order valence-corrected chi connectivity index (χ2v) is 5.79. The first-order valence-corrected chi connectivity index (χ1v) is 7.52. The molecule has 0 radical (unpaired) electrons. The standard InChI is InChI=1S/C19H14ClNO2/c1-12-2-4-13(5-3-12)18(22)9-6-14-10-15-11-16(20)7-8-17(15)21-19(14)23/h2-11H,1H3,(H,21,23)/b9-6+. The van der Waals surface area contributed by atoms with Gasteiger partial charge in [-0.1, -0.05) is 41.4 Å². The number of fused-ring (bicyclic) bond motifs is 1. The molecule has 0 bridgehead atoms. The number of carbonyl (C=O) groups is 1. The zero-order chi connectivity index (χ0) is 16.4. The third-order valence-corrected chi connectivity index (χ3v) is 3.82. The predicted molar refractivity (Wildman–Crippen MR) is 94.1 cm³/mol. The lowest BCUT2D eigenvalue weighted by Gasteiger charge is -2.01. The summed E-state index contributed by atoms with van der Waals surface area (Å²) in [7, 11) is 0. The number of aryl methyl sites for hydroxylation is 1. The Balaban J connectivity index is 1.94. The van der Waals surface area contributed by atoms with Gasteiger partial charge in [0.25, 0.3) is 5.56 Å². The first-order valence-electron chi connectivity index (χ1n) is 7.14. The molecule has 0 spiro atoms. The maximum absolute atomic E-state index is 12.1. The number of ketones is 1. The van der Waals surface area contributed by atoms with Crippen molar-refractivity contribution in [2.24, 2.45) is 0 Å². The van der Waals surface area contributed by atoms with Gasteiger partial charge in [-0.3, -0.25) is 9.59 Å². The Labute approximate surface area is 138 Å². The van der Waals surface area contributed by atoms with Crippen molar-refractivity contribution in [2.45, 2.75) is 6.92 Å². The van der Waals surface area contributed by atoms with Gasteiger partial charge in [0.1, 0.15) is 0 Å². The molecule has 1 aromatic heterocycles. The molecule has 0 fully saturated rings. The van der Waals surface area contributed by atoms with Crippen LogP contribution < -0.4 is 5.56 Å². The molecule has 0 saturated carbocycles. The van der Waals surface area contributed by atoms with Gasteiger partial charge in [0.2, 0.25) is 0 Å². The van der Waals surface area contributed by atoms with E-state index in [1.165, 1.54) is 12.2 Å². The molecule has 3 aromatic rings. The van der Waals surface area contributed by atoms with Crippen molar-refractivity contribution < 1.29 is 4.79 Å². The second-order valence-electron chi connectivity index (χ2n) is 5.35. The number of hydrogen-bond acceptors (Lipinski definition) is 2.